The van der Waals surface area contributed by atoms with E-state index in [9.17, 15) is 4.79 Å². The van der Waals surface area contributed by atoms with Crippen LogP contribution < -0.4 is 5.32 Å². The molecule has 1 N–H and O–H groups in total. The van der Waals surface area contributed by atoms with Crippen LogP contribution in [0.5, 0.6) is 0 Å². The van der Waals surface area contributed by atoms with E-state index in [1.54, 1.807) is 0 Å². The Morgan fingerprint density at radius 2 is 2.08 bits per heavy atom. The van der Waals surface area contributed by atoms with Gasteiger partial charge in [0.25, 0.3) is 0 Å². The SMILES string of the molecule is COC(=O)/C=C/c1ccc2c(c1)CCC2NCCCc1ccccc1. The van der Waals surface area contributed by atoms with Gasteiger partial charge < -0.3 is 10.1 Å². The van der Waals surface area contributed by atoms with Crippen molar-refractivity contribution in [3.8, 4) is 0 Å². The average Bonchev–Trinajstić information content (AvgIpc) is 3.06. The Balaban J connectivity index is 1.51. The van der Waals surface area contributed by atoms with E-state index in [-0.39, 0.29) is 5.97 Å². The summed E-state index contributed by atoms with van der Waals surface area (Å²) in [6.07, 6.45) is 7.78. The zero-order chi connectivity index (χ0) is 17.5. The van der Waals surface area contributed by atoms with Gasteiger partial charge in [0, 0.05) is 12.1 Å². The summed E-state index contributed by atoms with van der Waals surface area (Å²) < 4.78 is 4.63. The van der Waals surface area contributed by atoms with Crippen LogP contribution in [-0.4, -0.2) is 19.6 Å². The molecule has 0 aromatic heterocycles. The fourth-order valence-electron chi connectivity index (χ4n) is 3.40. The van der Waals surface area contributed by atoms with Gasteiger partial charge in [-0.3, -0.25) is 0 Å². The number of esters is 1. The molecule has 3 heteroatoms. The Morgan fingerprint density at radius 1 is 1.24 bits per heavy atom. The van der Waals surface area contributed by atoms with Crippen molar-refractivity contribution in [3.05, 3.63) is 76.9 Å². The van der Waals surface area contributed by atoms with Gasteiger partial charge in [-0.05, 0) is 60.6 Å². The van der Waals surface area contributed by atoms with Crippen LogP contribution in [0.2, 0.25) is 0 Å². The summed E-state index contributed by atoms with van der Waals surface area (Å²) in [6.45, 7) is 1.03. The van der Waals surface area contributed by atoms with Gasteiger partial charge in [0.1, 0.15) is 0 Å². The number of benzene rings is 2. The van der Waals surface area contributed by atoms with E-state index < -0.39 is 0 Å². The average molecular weight is 335 g/mol. The number of carbonyl (C=O) groups excluding carboxylic acids is 1. The number of methoxy groups -OCH3 is 1. The zero-order valence-electron chi connectivity index (χ0n) is 14.7. The fraction of sp³-hybridized carbons (Fsp3) is 0.318. The normalized spacial score (nSPS) is 16.1. The molecule has 2 aromatic carbocycles. The van der Waals surface area contributed by atoms with Crippen LogP contribution in [0, 0.1) is 0 Å². The molecule has 3 nitrogen and oxygen atoms in total. The van der Waals surface area contributed by atoms with E-state index in [1.165, 1.54) is 29.9 Å². The van der Waals surface area contributed by atoms with Crippen LogP contribution in [0.3, 0.4) is 0 Å². The smallest absolute Gasteiger partial charge is 0.330 e. The van der Waals surface area contributed by atoms with E-state index in [0.29, 0.717) is 6.04 Å². The van der Waals surface area contributed by atoms with Crippen LogP contribution >= 0.6 is 0 Å². The van der Waals surface area contributed by atoms with Crippen LogP contribution in [0.15, 0.2) is 54.6 Å². The molecule has 1 aliphatic carbocycles. The first-order valence-electron chi connectivity index (χ1n) is 8.92. The maximum Gasteiger partial charge on any atom is 0.330 e. The highest BCUT2D eigenvalue weighted by atomic mass is 16.5. The van der Waals surface area contributed by atoms with Gasteiger partial charge in [-0.2, -0.15) is 0 Å². The van der Waals surface area contributed by atoms with Crippen molar-refractivity contribution in [3.63, 3.8) is 0 Å². The first kappa shape index (κ1) is 17.4. The zero-order valence-corrected chi connectivity index (χ0v) is 14.7. The Labute approximate surface area is 149 Å². The summed E-state index contributed by atoms with van der Waals surface area (Å²) in [5.41, 5.74) is 5.23. The molecule has 3 rings (SSSR count). The summed E-state index contributed by atoms with van der Waals surface area (Å²) >= 11 is 0. The largest absolute Gasteiger partial charge is 0.466 e. The monoisotopic (exact) mass is 335 g/mol. The summed E-state index contributed by atoms with van der Waals surface area (Å²) in [5, 5.41) is 3.69. The van der Waals surface area contributed by atoms with Gasteiger partial charge in [-0.25, -0.2) is 4.79 Å². The third-order valence-electron chi connectivity index (χ3n) is 4.73. The van der Waals surface area contributed by atoms with Crippen molar-refractivity contribution in [2.24, 2.45) is 0 Å². The molecule has 1 aliphatic rings. The number of ether oxygens (including phenoxy) is 1. The van der Waals surface area contributed by atoms with Gasteiger partial charge >= 0.3 is 5.97 Å². The maximum absolute atomic E-state index is 11.2. The topological polar surface area (TPSA) is 38.3 Å². The lowest BCUT2D eigenvalue weighted by Gasteiger charge is -2.14. The molecule has 0 spiro atoms. The number of rotatable bonds is 7. The number of aryl methyl sites for hydroxylation is 2. The minimum absolute atomic E-state index is 0.321. The molecule has 130 valence electrons. The highest BCUT2D eigenvalue weighted by Crippen LogP contribution is 2.32. The van der Waals surface area contributed by atoms with E-state index in [2.05, 4.69) is 58.6 Å². The summed E-state index contributed by atoms with van der Waals surface area (Å²) in [4.78, 5) is 11.2. The lowest BCUT2D eigenvalue weighted by atomic mass is 10.0. The Bertz CT molecular complexity index is 737. The molecular formula is C22H25NO2. The van der Waals surface area contributed by atoms with E-state index in [1.807, 2.05) is 6.08 Å². The van der Waals surface area contributed by atoms with Crippen molar-refractivity contribution < 1.29 is 9.53 Å². The quantitative estimate of drug-likeness (QED) is 0.471. The summed E-state index contributed by atoms with van der Waals surface area (Å²) in [5.74, 6) is -0.321. The molecule has 0 saturated carbocycles. The van der Waals surface area contributed by atoms with E-state index in [4.69, 9.17) is 0 Å². The molecule has 0 saturated heterocycles. The minimum atomic E-state index is -0.321. The number of hydrogen-bond donors (Lipinski definition) is 1. The highest BCUT2D eigenvalue weighted by molar-refractivity contribution is 5.86. The number of carbonyl (C=O) groups is 1. The molecular weight excluding hydrogens is 310 g/mol. The summed E-state index contributed by atoms with van der Waals surface area (Å²) in [6, 6.07) is 17.5. The number of fused-ring (bicyclic) bond motifs is 1. The second-order valence-corrected chi connectivity index (χ2v) is 6.45. The minimum Gasteiger partial charge on any atom is -0.466 e. The van der Waals surface area contributed by atoms with E-state index >= 15 is 0 Å². The predicted molar refractivity (Wildman–Crippen MR) is 101 cm³/mol. The molecule has 2 aromatic rings. The van der Waals surface area contributed by atoms with Crippen molar-refractivity contribution in [2.45, 2.75) is 31.7 Å². The molecule has 0 bridgehead atoms. The second-order valence-electron chi connectivity index (χ2n) is 6.45. The number of nitrogens with one attached hydrogen (secondary N) is 1. The highest BCUT2D eigenvalue weighted by Gasteiger charge is 2.21. The maximum atomic E-state index is 11.2. The van der Waals surface area contributed by atoms with Gasteiger partial charge in [0.2, 0.25) is 0 Å². The lowest BCUT2D eigenvalue weighted by molar-refractivity contribution is -0.134. The molecule has 0 aliphatic heterocycles. The Morgan fingerprint density at radius 3 is 2.88 bits per heavy atom. The predicted octanol–water partition coefficient (Wildman–Crippen LogP) is 4.08. The van der Waals surface area contributed by atoms with Gasteiger partial charge in [-0.15, -0.1) is 0 Å². The van der Waals surface area contributed by atoms with Gasteiger partial charge in [-0.1, -0.05) is 48.5 Å². The first-order valence-corrected chi connectivity index (χ1v) is 8.92. The summed E-state index contributed by atoms with van der Waals surface area (Å²) in [7, 11) is 1.39. The van der Waals surface area contributed by atoms with Crippen molar-refractivity contribution >= 4 is 12.0 Å². The van der Waals surface area contributed by atoms with Gasteiger partial charge in [0.15, 0.2) is 0 Å². The van der Waals surface area contributed by atoms with E-state index in [0.717, 1.165) is 37.8 Å². The van der Waals surface area contributed by atoms with Crippen molar-refractivity contribution in [1.82, 2.24) is 5.32 Å². The van der Waals surface area contributed by atoms with Crippen LogP contribution in [0.1, 0.15) is 41.1 Å². The van der Waals surface area contributed by atoms with Crippen molar-refractivity contribution in [1.29, 1.82) is 0 Å². The first-order chi connectivity index (χ1) is 12.3. The fourth-order valence-corrected chi connectivity index (χ4v) is 3.40. The number of hydrogen-bond acceptors (Lipinski definition) is 3. The lowest BCUT2D eigenvalue weighted by Crippen LogP contribution is -2.20. The standard InChI is InChI=1S/C22H25NO2/c1-25-22(24)14-10-18-9-12-20-19(16-18)11-13-21(20)23-15-5-8-17-6-3-2-4-7-17/h2-4,6-7,9-10,12,14,16,21,23H,5,8,11,13,15H2,1H3/b14-10+. The van der Waals surface area contributed by atoms with Crippen LogP contribution in [0.4, 0.5) is 0 Å². The van der Waals surface area contributed by atoms with Crippen LogP contribution in [-0.2, 0) is 22.4 Å². The Hall–Kier alpha value is -2.39. The molecule has 25 heavy (non-hydrogen) atoms. The molecule has 0 fully saturated rings. The molecule has 1 atom stereocenters. The second kappa shape index (κ2) is 8.63. The molecule has 1 unspecified atom stereocenters. The van der Waals surface area contributed by atoms with Crippen molar-refractivity contribution in [2.75, 3.05) is 13.7 Å². The molecule has 0 amide bonds. The third-order valence-corrected chi connectivity index (χ3v) is 4.73. The van der Waals surface area contributed by atoms with Gasteiger partial charge in [0.05, 0.1) is 7.11 Å². The molecule has 0 radical (unpaired) electrons. The Kier molecular flexibility index (Phi) is 6.02. The van der Waals surface area contributed by atoms with Crippen LogP contribution in [0.25, 0.3) is 6.08 Å². The third kappa shape index (κ3) is 4.80. The molecule has 0 heterocycles.